The van der Waals surface area contributed by atoms with Crippen LogP contribution in [0.2, 0.25) is 0 Å². The molecule has 254 valence electrons. The number of ether oxygens (including phenoxy) is 2. The summed E-state index contributed by atoms with van der Waals surface area (Å²) in [5.41, 5.74) is 1.17. The monoisotopic (exact) mass is 625 g/mol. The van der Waals surface area contributed by atoms with Crippen LogP contribution in [0.5, 0.6) is 0 Å². The van der Waals surface area contributed by atoms with Crippen LogP contribution in [-0.2, 0) is 23.9 Å². The minimum absolute atomic E-state index is 0.0162. The van der Waals surface area contributed by atoms with E-state index in [0.717, 1.165) is 51.4 Å². The van der Waals surface area contributed by atoms with Gasteiger partial charge in [0, 0.05) is 12.3 Å². The molecule has 5 aliphatic carbocycles. The Morgan fingerprint density at radius 1 is 0.844 bits per heavy atom. The molecule has 0 aliphatic heterocycles. The van der Waals surface area contributed by atoms with Crippen molar-refractivity contribution < 1.29 is 23.9 Å². The molecule has 5 rings (SSSR count). The number of methoxy groups -OCH3 is 1. The van der Waals surface area contributed by atoms with Crippen LogP contribution in [0.1, 0.15) is 133 Å². The normalized spacial score (nSPS) is 44.0. The Morgan fingerprint density at radius 3 is 2.13 bits per heavy atom. The largest absolute Gasteiger partial charge is 0.467 e. The molecular formula is C39H63NO5. The molecule has 0 radical (unpaired) electrons. The van der Waals surface area contributed by atoms with E-state index in [0.29, 0.717) is 30.1 Å². The first kappa shape index (κ1) is 34.5. The lowest BCUT2D eigenvalue weighted by atomic mass is 9.32. The third-order valence-electron chi connectivity index (χ3n) is 15.3. The predicted octanol–water partition coefficient (Wildman–Crippen LogP) is 8.28. The highest BCUT2D eigenvalue weighted by molar-refractivity contribution is 5.88. The number of rotatable bonds is 7. The fraction of sp³-hybridized carbons (Fsp3) is 0.872. The molecule has 5 aliphatic rings. The summed E-state index contributed by atoms with van der Waals surface area (Å²) in [5, 5.41) is 3.26. The molecular weight excluding hydrogens is 562 g/mol. The summed E-state index contributed by atoms with van der Waals surface area (Å²) in [6.07, 6.45) is 11.1. The first-order chi connectivity index (χ1) is 20.9. The van der Waals surface area contributed by atoms with E-state index in [2.05, 4.69) is 67.3 Å². The van der Waals surface area contributed by atoms with E-state index in [1.54, 1.807) is 6.92 Å². The number of fused-ring (bicyclic) bond motifs is 7. The fourth-order valence-electron chi connectivity index (χ4n) is 13.1. The van der Waals surface area contributed by atoms with E-state index in [-0.39, 0.29) is 57.4 Å². The molecule has 0 heterocycles. The van der Waals surface area contributed by atoms with Crippen molar-refractivity contribution in [3.05, 3.63) is 12.2 Å². The van der Waals surface area contributed by atoms with Crippen molar-refractivity contribution in [1.29, 1.82) is 0 Å². The van der Waals surface area contributed by atoms with Gasteiger partial charge >= 0.3 is 11.9 Å². The van der Waals surface area contributed by atoms with E-state index >= 15 is 0 Å². The van der Waals surface area contributed by atoms with Crippen LogP contribution in [0, 0.1) is 62.6 Å². The lowest BCUT2D eigenvalue weighted by Crippen LogP contribution is -2.67. The van der Waals surface area contributed by atoms with Crippen LogP contribution in [0.15, 0.2) is 12.2 Å². The van der Waals surface area contributed by atoms with Crippen molar-refractivity contribution in [3.8, 4) is 0 Å². The molecule has 0 spiro atoms. The highest BCUT2D eigenvalue weighted by atomic mass is 16.5. The molecule has 5 saturated carbocycles. The van der Waals surface area contributed by atoms with Gasteiger partial charge in [0.1, 0.15) is 12.1 Å². The second-order valence-corrected chi connectivity index (χ2v) is 18.0. The van der Waals surface area contributed by atoms with E-state index in [1.807, 2.05) is 0 Å². The van der Waals surface area contributed by atoms with Crippen LogP contribution < -0.4 is 5.32 Å². The molecule has 1 N–H and O–H groups in total. The zero-order valence-electron chi connectivity index (χ0n) is 30.1. The van der Waals surface area contributed by atoms with Crippen molar-refractivity contribution in [2.75, 3.05) is 7.11 Å². The van der Waals surface area contributed by atoms with E-state index in [4.69, 9.17) is 9.47 Å². The van der Waals surface area contributed by atoms with Crippen LogP contribution in [0.4, 0.5) is 0 Å². The number of amides is 1. The number of allylic oxidation sites excluding steroid dienone is 1. The number of nitrogens with one attached hydrogen (secondary N) is 1. The van der Waals surface area contributed by atoms with Gasteiger partial charge < -0.3 is 14.8 Å². The Kier molecular flexibility index (Phi) is 8.96. The molecule has 0 saturated heterocycles. The lowest BCUT2D eigenvalue weighted by molar-refractivity contribution is -0.248. The smallest absolute Gasteiger partial charge is 0.328 e. The van der Waals surface area contributed by atoms with Crippen LogP contribution in [-0.4, -0.2) is 37.1 Å². The zero-order chi connectivity index (χ0) is 33.3. The zero-order valence-corrected chi connectivity index (χ0v) is 30.1. The predicted molar refractivity (Wildman–Crippen MR) is 178 cm³/mol. The van der Waals surface area contributed by atoms with E-state index in [9.17, 15) is 14.4 Å². The van der Waals surface area contributed by atoms with Crippen LogP contribution in [0.3, 0.4) is 0 Å². The Morgan fingerprint density at radius 2 is 1.53 bits per heavy atom. The van der Waals surface area contributed by atoms with Crippen molar-refractivity contribution in [2.45, 2.75) is 145 Å². The van der Waals surface area contributed by atoms with Gasteiger partial charge in [-0.1, -0.05) is 60.6 Å². The summed E-state index contributed by atoms with van der Waals surface area (Å²) in [4.78, 5) is 39.4. The number of carbonyl (C=O) groups is 3. The number of carbonyl (C=O) groups excluding carboxylic acids is 3. The lowest BCUT2D eigenvalue weighted by Gasteiger charge is -2.72. The molecule has 0 aromatic heterocycles. The highest BCUT2D eigenvalue weighted by Gasteiger charge is 2.72. The maximum Gasteiger partial charge on any atom is 0.328 e. The van der Waals surface area contributed by atoms with Gasteiger partial charge in [0.15, 0.2) is 0 Å². The molecule has 5 fully saturated rings. The minimum Gasteiger partial charge on any atom is -0.467 e. The van der Waals surface area contributed by atoms with Crippen LogP contribution in [0.25, 0.3) is 0 Å². The van der Waals surface area contributed by atoms with Gasteiger partial charge in [-0.2, -0.15) is 0 Å². The molecule has 2 unspecified atom stereocenters. The third-order valence-corrected chi connectivity index (χ3v) is 15.3. The second kappa shape index (κ2) is 11.7. The first-order valence-corrected chi connectivity index (χ1v) is 18.1. The minimum atomic E-state index is -0.608. The summed E-state index contributed by atoms with van der Waals surface area (Å²) < 4.78 is 11.1. The Hall–Kier alpha value is -1.85. The fourth-order valence-corrected chi connectivity index (χ4v) is 13.1. The molecule has 6 heteroatoms. The maximum absolute atomic E-state index is 14.6. The Balaban J connectivity index is 1.49. The molecule has 0 aromatic carbocycles. The summed E-state index contributed by atoms with van der Waals surface area (Å²) in [6, 6.07) is -0.608. The summed E-state index contributed by atoms with van der Waals surface area (Å²) >= 11 is 0. The number of hydrogen-bond acceptors (Lipinski definition) is 5. The highest BCUT2D eigenvalue weighted by Crippen LogP contribution is 2.77. The van der Waals surface area contributed by atoms with Gasteiger partial charge in [0.2, 0.25) is 5.91 Å². The SMILES string of the molecule is C=C(C)[C@@H]1CC[C@]2(C(=O)N[C@@H](CC(C)C)C(=O)OC)CC[C@]3(C)[C@H](CCC4[C@@]5(C)CCC(OC(C)=O)C(C)(C)[C@@H]5CC[C@]43C)[C@@H]12. The number of esters is 2. The molecule has 0 aromatic rings. The van der Waals surface area contributed by atoms with E-state index in [1.165, 1.54) is 25.5 Å². The Labute approximate surface area is 273 Å². The standard InChI is InChI=1S/C39H63NO5/c1-23(2)22-28(33(42)44-11)40-34(43)39-19-14-26(24(3)4)32(39)27-12-13-30-36(8)17-16-31(45-25(5)41)35(6,7)29(36)15-18-38(30,10)37(27,9)20-21-39/h23,26-32H,3,12-22H2,1-2,4-11H3,(H,40,43)/t26-,27+,28-,29-,30?,31?,32+,36-,37+,38+,39-/m0/s1. The molecule has 1 amide bonds. The Bertz CT molecular complexity index is 1210. The van der Waals surface area contributed by atoms with Crippen molar-refractivity contribution >= 4 is 17.8 Å². The quantitative estimate of drug-likeness (QED) is 0.227. The topological polar surface area (TPSA) is 81.7 Å². The van der Waals surface area contributed by atoms with Gasteiger partial charge in [0.25, 0.3) is 0 Å². The second-order valence-electron chi connectivity index (χ2n) is 18.0. The number of hydrogen-bond donors (Lipinski definition) is 1. The van der Waals surface area contributed by atoms with Gasteiger partial charge in [-0.15, -0.1) is 0 Å². The summed E-state index contributed by atoms with van der Waals surface area (Å²) in [5.74, 6) is 1.96. The average molecular weight is 626 g/mol. The van der Waals surface area contributed by atoms with Gasteiger partial charge in [0.05, 0.1) is 12.5 Å². The molecule has 11 atom stereocenters. The molecule has 6 nitrogen and oxygen atoms in total. The van der Waals surface area contributed by atoms with Gasteiger partial charge in [-0.25, -0.2) is 4.79 Å². The molecule has 0 bridgehead atoms. The van der Waals surface area contributed by atoms with Crippen molar-refractivity contribution in [1.82, 2.24) is 5.32 Å². The first-order valence-electron chi connectivity index (χ1n) is 18.1. The molecule has 45 heavy (non-hydrogen) atoms. The van der Waals surface area contributed by atoms with Crippen LogP contribution >= 0.6 is 0 Å². The summed E-state index contributed by atoms with van der Waals surface area (Å²) in [7, 11) is 1.42. The van der Waals surface area contributed by atoms with Crippen molar-refractivity contribution in [3.63, 3.8) is 0 Å². The summed E-state index contributed by atoms with van der Waals surface area (Å²) in [6.45, 7) is 24.9. The van der Waals surface area contributed by atoms with Gasteiger partial charge in [-0.05, 0) is 129 Å². The van der Waals surface area contributed by atoms with Crippen molar-refractivity contribution in [2.24, 2.45) is 62.6 Å². The van der Waals surface area contributed by atoms with E-state index < -0.39 is 11.5 Å². The third kappa shape index (κ3) is 5.12. The van der Waals surface area contributed by atoms with Gasteiger partial charge in [-0.3, -0.25) is 9.59 Å². The average Bonchev–Trinajstić information content (AvgIpc) is 3.35. The maximum atomic E-state index is 14.6.